The maximum atomic E-state index is 13.0. The van der Waals surface area contributed by atoms with Gasteiger partial charge < -0.3 is 15.0 Å². The van der Waals surface area contributed by atoms with Crippen LogP contribution in [0.1, 0.15) is 32.8 Å². The van der Waals surface area contributed by atoms with Gasteiger partial charge in [0.25, 0.3) is 5.91 Å². The molecule has 0 aliphatic heterocycles. The van der Waals surface area contributed by atoms with Crippen LogP contribution in [0.25, 0.3) is 0 Å². The zero-order valence-corrected chi connectivity index (χ0v) is 20.6. The van der Waals surface area contributed by atoms with Gasteiger partial charge in [0.15, 0.2) is 6.61 Å². The lowest BCUT2D eigenvalue weighted by Gasteiger charge is -2.29. The van der Waals surface area contributed by atoms with Crippen molar-refractivity contribution < 1.29 is 14.3 Å². The van der Waals surface area contributed by atoms with E-state index in [-0.39, 0.29) is 24.5 Å². The third-order valence-electron chi connectivity index (χ3n) is 4.61. The highest BCUT2D eigenvalue weighted by Gasteiger charge is 2.27. The molecular weight excluding hydrogens is 547 g/mol. The minimum absolute atomic E-state index is 0.0534. The first-order valence-corrected chi connectivity index (χ1v) is 11.4. The topological polar surface area (TPSA) is 58.6 Å². The van der Waals surface area contributed by atoms with Crippen molar-refractivity contribution in [3.8, 4) is 5.75 Å². The Morgan fingerprint density at radius 3 is 2.31 bits per heavy atom. The molecule has 2 atom stereocenters. The van der Waals surface area contributed by atoms with Crippen LogP contribution in [0.15, 0.2) is 53.0 Å². The van der Waals surface area contributed by atoms with Gasteiger partial charge in [-0.3, -0.25) is 9.59 Å². The van der Waals surface area contributed by atoms with E-state index in [0.29, 0.717) is 12.3 Å². The average molecular weight is 573 g/mol. The van der Waals surface area contributed by atoms with E-state index in [1.54, 1.807) is 11.8 Å². The summed E-state index contributed by atoms with van der Waals surface area (Å²) in [6.45, 7) is 5.91. The molecule has 0 saturated heterocycles. The Morgan fingerprint density at radius 2 is 1.72 bits per heavy atom. The van der Waals surface area contributed by atoms with Crippen molar-refractivity contribution in [3.05, 3.63) is 62.1 Å². The molecule has 2 aromatic rings. The number of carbonyl (C=O) groups excluding carboxylic acids is 2. The largest absolute Gasteiger partial charge is 0.484 e. The molecule has 29 heavy (non-hydrogen) atoms. The first-order chi connectivity index (χ1) is 13.8. The van der Waals surface area contributed by atoms with Crippen molar-refractivity contribution in [3.63, 3.8) is 0 Å². The summed E-state index contributed by atoms with van der Waals surface area (Å²) >= 11 is 5.63. The molecule has 0 spiro atoms. The molecule has 0 aliphatic carbocycles. The molecule has 7 heteroatoms. The molecule has 2 amide bonds. The molecule has 156 valence electrons. The van der Waals surface area contributed by atoms with Gasteiger partial charge >= 0.3 is 0 Å². The molecule has 0 radical (unpaired) electrons. The lowest BCUT2D eigenvalue weighted by molar-refractivity contribution is -0.142. The van der Waals surface area contributed by atoms with E-state index < -0.39 is 6.04 Å². The summed E-state index contributed by atoms with van der Waals surface area (Å²) in [6.07, 6.45) is 0.828. The number of amides is 2. The monoisotopic (exact) mass is 572 g/mol. The molecule has 0 aromatic heterocycles. The van der Waals surface area contributed by atoms with Crippen LogP contribution in [0.3, 0.4) is 0 Å². The maximum absolute atomic E-state index is 13.0. The Hall–Kier alpha value is -1.61. The Bertz CT molecular complexity index is 812. The van der Waals surface area contributed by atoms with Gasteiger partial charge in [-0.1, -0.05) is 35.0 Å². The average Bonchev–Trinajstić information content (AvgIpc) is 2.72. The van der Waals surface area contributed by atoms with Crippen LogP contribution in [0.2, 0.25) is 0 Å². The van der Waals surface area contributed by atoms with Crippen LogP contribution in [-0.4, -0.2) is 35.4 Å². The fraction of sp³-hybridized carbons (Fsp3) is 0.364. The van der Waals surface area contributed by atoms with Crippen LogP contribution in [-0.2, 0) is 16.1 Å². The SMILES string of the molecule is CCC(C)NC(=O)C(C)N(Cc1ccc(Br)cc1)C(=O)COc1ccc(I)cc1. The molecule has 2 unspecified atom stereocenters. The normalized spacial score (nSPS) is 12.7. The van der Waals surface area contributed by atoms with Crippen LogP contribution in [0.5, 0.6) is 5.75 Å². The fourth-order valence-electron chi connectivity index (χ4n) is 2.59. The van der Waals surface area contributed by atoms with Crippen molar-refractivity contribution in [1.82, 2.24) is 10.2 Å². The summed E-state index contributed by atoms with van der Waals surface area (Å²) < 4.78 is 7.71. The number of rotatable bonds is 9. The third-order valence-corrected chi connectivity index (χ3v) is 5.86. The molecule has 0 aliphatic rings. The summed E-state index contributed by atoms with van der Waals surface area (Å²) in [5.74, 6) is 0.219. The van der Waals surface area contributed by atoms with Crippen LogP contribution < -0.4 is 10.1 Å². The smallest absolute Gasteiger partial charge is 0.261 e. The van der Waals surface area contributed by atoms with E-state index >= 15 is 0 Å². The molecule has 1 N–H and O–H groups in total. The number of nitrogens with one attached hydrogen (secondary N) is 1. The summed E-state index contributed by atoms with van der Waals surface area (Å²) in [6, 6.07) is 14.6. The van der Waals surface area contributed by atoms with Gasteiger partial charge in [0.2, 0.25) is 5.91 Å². The minimum Gasteiger partial charge on any atom is -0.484 e. The predicted octanol–water partition coefficient (Wildman–Crippen LogP) is 4.76. The van der Waals surface area contributed by atoms with E-state index in [2.05, 4.69) is 43.8 Å². The summed E-state index contributed by atoms with van der Waals surface area (Å²) in [7, 11) is 0. The second-order valence-electron chi connectivity index (χ2n) is 6.88. The molecule has 0 fully saturated rings. The number of nitrogens with zero attached hydrogens (tertiary/aromatic N) is 1. The van der Waals surface area contributed by atoms with Crippen LogP contribution >= 0.6 is 38.5 Å². The van der Waals surface area contributed by atoms with E-state index in [9.17, 15) is 9.59 Å². The Balaban J connectivity index is 2.13. The van der Waals surface area contributed by atoms with Crippen molar-refractivity contribution >= 4 is 50.3 Å². The highest BCUT2D eigenvalue weighted by molar-refractivity contribution is 14.1. The molecule has 2 rings (SSSR count). The van der Waals surface area contributed by atoms with Crippen molar-refractivity contribution in [2.75, 3.05) is 6.61 Å². The lowest BCUT2D eigenvalue weighted by Crippen LogP contribution is -2.50. The Morgan fingerprint density at radius 1 is 1.10 bits per heavy atom. The van der Waals surface area contributed by atoms with E-state index in [1.165, 1.54) is 0 Å². The predicted molar refractivity (Wildman–Crippen MR) is 127 cm³/mol. The zero-order valence-electron chi connectivity index (χ0n) is 16.8. The van der Waals surface area contributed by atoms with Crippen molar-refractivity contribution in [2.45, 2.75) is 45.8 Å². The standard InChI is InChI=1S/C22H26BrIN2O3/c1-4-15(2)25-22(28)16(3)26(13-17-5-7-18(23)8-6-17)21(27)14-29-20-11-9-19(24)10-12-20/h5-12,15-16H,4,13-14H2,1-3H3,(H,25,28). The van der Waals surface area contributed by atoms with Gasteiger partial charge in [0, 0.05) is 20.6 Å². The fourth-order valence-corrected chi connectivity index (χ4v) is 3.22. The van der Waals surface area contributed by atoms with Crippen LogP contribution in [0.4, 0.5) is 0 Å². The summed E-state index contributed by atoms with van der Waals surface area (Å²) in [5, 5.41) is 2.96. The van der Waals surface area contributed by atoms with Gasteiger partial charge in [0.05, 0.1) is 0 Å². The molecular formula is C22H26BrIN2O3. The van der Waals surface area contributed by atoms with E-state index in [0.717, 1.165) is 20.0 Å². The van der Waals surface area contributed by atoms with Gasteiger partial charge in [-0.2, -0.15) is 0 Å². The second-order valence-corrected chi connectivity index (χ2v) is 9.05. The van der Waals surface area contributed by atoms with Gasteiger partial charge in [-0.05, 0) is 84.8 Å². The van der Waals surface area contributed by atoms with Crippen LogP contribution in [0, 0.1) is 3.57 Å². The summed E-state index contributed by atoms with van der Waals surface area (Å²) in [5.41, 5.74) is 0.944. The Kier molecular flexibility index (Phi) is 9.42. The van der Waals surface area contributed by atoms with Gasteiger partial charge in [0.1, 0.15) is 11.8 Å². The molecule has 2 aromatic carbocycles. The number of hydrogen-bond acceptors (Lipinski definition) is 3. The highest BCUT2D eigenvalue weighted by atomic mass is 127. The van der Waals surface area contributed by atoms with Crippen molar-refractivity contribution in [2.24, 2.45) is 0 Å². The number of hydrogen-bond donors (Lipinski definition) is 1. The first kappa shape index (κ1) is 23.7. The van der Waals surface area contributed by atoms with Gasteiger partial charge in [-0.15, -0.1) is 0 Å². The first-order valence-electron chi connectivity index (χ1n) is 9.52. The molecule has 0 heterocycles. The molecule has 5 nitrogen and oxygen atoms in total. The number of halogens is 2. The lowest BCUT2D eigenvalue weighted by atomic mass is 10.1. The van der Waals surface area contributed by atoms with Gasteiger partial charge in [-0.25, -0.2) is 0 Å². The molecule has 0 bridgehead atoms. The maximum Gasteiger partial charge on any atom is 0.261 e. The van der Waals surface area contributed by atoms with E-state index in [1.807, 2.05) is 62.4 Å². The number of benzene rings is 2. The third kappa shape index (κ3) is 7.62. The second kappa shape index (κ2) is 11.5. The molecule has 0 saturated carbocycles. The Labute approximate surface area is 194 Å². The van der Waals surface area contributed by atoms with E-state index in [4.69, 9.17) is 4.74 Å². The quantitative estimate of drug-likeness (QED) is 0.441. The highest BCUT2D eigenvalue weighted by Crippen LogP contribution is 2.16. The minimum atomic E-state index is -0.611. The van der Waals surface area contributed by atoms with Crippen molar-refractivity contribution in [1.29, 1.82) is 0 Å². The number of carbonyl (C=O) groups is 2. The summed E-state index contributed by atoms with van der Waals surface area (Å²) in [4.78, 5) is 27.2. The number of ether oxygens (including phenoxy) is 1. The zero-order chi connectivity index (χ0) is 21.4.